The molecule has 0 aliphatic carbocycles. The maximum atomic E-state index is 10.0. The Bertz CT molecular complexity index is 157. The first-order chi connectivity index (χ1) is 6.27. The number of ether oxygens (including phenoxy) is 1. The third-order valence-electron chi connectivity index (χ3n) is 1.47. The van der Waals surface area contributed by atoms with Crippen LogP contribution in [0.1, 0.15) is 12.8 Å². The average Bonchev–Trinajstić information content (AvgIpc) is 2.09. The van der Waals surface area contributed by atoms with E-state index in [0.29, 0.717) is 6.54 Å². The number of unbranched alkanes of at least 4 members (excludes halogenated alkanes) is 1. The van der Waals surface area contributed by atoms with Crippen molar-refractivity contribution in [1.82, 2.24) is 5.32 Å². The average molecular weight is 187 g/mol. The topological polar surface area (TPSA) is 58.6 Å². The van der Waals surface area contributed by atoms with Gasteiger partial charge < -0.3 is 15.2 Å². The normalized spacial score (nSPS) is 10.8. The highest BCUT2D eigenvalue weighted by Gasteiger charge is 1.87. The molecule has 0 atom stereocenters. The van der Waals surface area contributed by atoms with Crippen molar-refractivity contribution in [3.63, 3.8) is 0 Å². The molecule has 0 bridgehead atoms. The van der Waals surface area contributed by atoms with E-state index in [0.717, 1.165) is 32.1 Å². The van der Waals surface area contributed by atoms with Crippen LogP contribution >= 0.6 is 0 Å². The van der Waals surface area contributed by atoms with Gasteiger partial charge >= 0.3 is 5.97 Å². The van der Waals surface area contributed by atoms with E-state index in [1.165, 1.54) is 0 Å². The van der Waals surface area contributed by atoms with Crippen molar-refractivity contribution < 1.29 is 14.6 Å². The number of methoxy groups -OCH3 is 1. The highest BCUT2D eigenvalue weighted by atomic mass is 16.5. The summed E-state index contributed by atoms with van der Waals surface area (Å²) in [7, 11) is 1.68. The fourth-order valence-electron chi connectivity index (χ4n) is 0.842. The number of hydrogen-bond acceptors (Lipinski definition) is 3. The predicted octanol–water partition coefficient (Wildman–Crippen LogP) is 0.643. The Morgan fingerprint density at radius 3 is 2.92 bits per heavy atom. The molecule has 0 aliphatic rings. The minimum Gasteiger partial charge on any atom is -0.478 e. The van der Waals surface area contributed by atoms with E-state index in [1.54, 1.807) is 13.2 Å². The third kappa shape index (κ3) is 11.1. The van der Waals surface area contributed by atoms with Gasteiger partial charge in [0.05, 0.1) is 0 Å². The molecule has 4 heteroatoms. The summed E-state index contributed by atoms with van der Waals surface area (Å²) < 4.78 is 4.88. The van der Waals surface area contributed by atoms with Crippen LogP contribution in [0.2, 0.25) is 0 Å². The van der Waals surface area contributed by atoms with Gasteiger partial charge in [-0.3, -0.25) is 0 Å². The quantitative estimate of drug-likeness (QED) is 0.432. The highest BCUT2D eigenvalue weighted by molar-refractivity contribution is 5.79. The minimum atomic E-state index is -0.902. The molecule has 0 aromatic rings. The lowest BCUT2D eigenvalue weighted by Gasteiger charge is -2.00. The second kappa shape index (κ2) is 9.22. The van der Waals surface area contributed by atoms with Crippen molar-refractivity contribution in [2.45, 2.75) is 12.8 Å². The molecule has 0 radical (unpaired) electrons. The van der Waals surface area contributed by atoms with Crippen LogP contribution in [0.5, 0.6) is 0 Å². The molecule has 0 saturated heterocycles. The minimum absolute atomic E-state index is 0.610. The van der Waals surface area contributed by atoms with Crippen molar-refractivity contribution >= 4 is 5.97 Å². The largest absolute Gasteiger partial charge is 0.478 e. The molecule has 0 aromatic heterocycles. The lowest BCUT2D eigenvalue weighted by Crippen LogP contribution is -2.15. The second-order valence-corrected chi connectivity index (χ2v) is 2.64. The van der Waals surface area contributed by atoms with Crippen molar-refractivity contribution in [1.29, 1.82) is 0 Å². The van der Waals surface area contributed by atoms with E-state index in [1.807, 2.05) is 0 Å². The van der Waals surface area contributed by atoms with E-state index in [-0.39, 0.29) is 0 Å². The Hall–Kier alpha value is -0.870. The number of nitrogens with one attached hydrogen (secondary N) is 1. The summed E-state index contributed by atoms with van der Waals surface area (Å²) in [5.74, 6) is -0.902. The molecule has 2 N–H and O–H groups in total. The first-order valence-corrected chi connectivity index (χ1v) is 4.36. The Morgan fingerprint density at radius 2 is 2.31 bits per heavy atom. The van der Waals surface area contributed by atoms with Crippen LogP contribution in [0.4, 0.5) is 0 Å². The van der Waals surface area contributed by atoms with E-state index < -0.39 is 5.97 Å². The van der Waals surface area contributed by atoms with E-state index in [2.05, 4.69) is 5.32 Å². The Morgan fingerprint density at radius 1 is 1.54 bits per heavy atom. The van der Waals surface area contributed by atoms with Crippen LogP contribution in [0, 0.1) is 0 Å². The summed E-state index contributed by atoms with van der Waals surface area (Å²) in [6.45, 7) is 2.29. The molecule has 0 aromatic carbocycles. The van der Waals surface area contributed by atoms with Gasteiger partial charge in [-0.25, -0.2) is 4.79 Å². The molecule has 4 nitrogen and oxygen atoms in total. The van der Waals surface area contributed by atoms with Crippen molar-refractivity contribution in [3.05, 3.63) is 12.2 Å². The molecule has 0 heterocycles. The van der Waals surface area contributed by atoms with Crippen LogP contribution in [-0.4, -0.2) is 37.9 Å². The first kappa shape index (κ1) is 12.1. The molecular weight excluding hydrogens is 170 g/mol. The Balaban J connectivity index is 3.03. The van der Waals surface area contributed by atoms with Crippen molar-refractivity contribution in [2.24, 2.45) is 0 Å². The summed E-state index contributed by atoms with van der Waals surface area (Å²) in [6.07, 6.45) is 4.82. The van der Waals surface area contributed by atoms with Gasteiger partial charge in [0, 0.05) is 26.3 Å². The van der Waals surface area contributed by atoms with Crippen LogP contribution < -0.4 is 5.32 Å². The number of hydrogen-bond donors (Lipinski definition) is 2. The first-order valence-electron chi connectivity index (χ1n) is 4.36. The van der Waals surface area contributed by atoms with Gasteiger partial charge in [0.15, 0.2) is 0 Å². The molecule has 13 heavy (non-hydrogen) atoms. The molecule has 0 rings (SSSR count). The van der Waals surface area contributed by atoms with E-state index in [9.17, 15) is 4.79 Å². The van der Waals surface area contributed by atoms with Crippen LogP contribution in [0.15, 0.2) is 12.2 Å². The maximum absolute atomic E-state index is 10.0. The smallest absolute Gasteiger partial charge is 0.328 e. The third-order valence-corrected chi connectivity index (χ3v) is 1.47. The fraction of sp³-hybridized carbons (Fsp3) is 0.667. The van der Waals surface area contributed by atoms with E-state index in [4.69, 9.17) is 9.84 Å². The van der Waals surface area contributed by atoms with Crippen LogP contribution in [0.3, 0.4) is 0 Å². The summed E-state index contributed by atoms with van der Waals surface area (Å²) in [6, 6.07) is 0. The predicted molar refractivity (Wildman–Crippen MR) is 50.8 cm³/mol. The van der Waals surface area contributed by atoms with Gasteiger partial charge in [0.25, 0.3) is 0 Å². The molecule has 0 spiro atoms. The second-order valence-electron chi connectivity index (χ2n) is 2.64. The number of carbonyl (C=O) groups is 1. The summed E-state index contributed by atoms with van der Waals surface area (Å²) in [5, 5.41) is 11.3. The van der Waals surface area contributed by atoms with Gasteiger partial charge in [-0.15, -0.1) is 0 Å². The number of carboxylic acid groups (broad SMARTS) is 1. The Labute approximate surface area is 78.6 Å². The molecule has 0 saturated carbocycles. The fourth-order valence-corrected chi connectivity index (χ4v) is 0.842. The molecule has 0 unspecified atom stereocenters. The van der Waals surface area contributed by atoms with E-state index >= 15 is 0 Å². The number of rotatable bonds is 8. The van der Waals surface area contributed by atoms with Crippen molar-refractivity contribution in [3.8, 4) is 0 Å². The maximum Gasteiger partial charge on any atom is 0.328 e. The zero-order valence-corrected chi connectivity index (χ0v) is 7.95. The standard InChI is InChI=1S/C9H17NO3/c1-13-8-3-2-6-10-7-4-5-9(11)12/h4-5,10H,2-3,6-8H2,1H3,(H,11,12)/b5-4+. The van der Waals surface area contributed by atoms with Crippen LogP contribution in [-0.2, 0) is 9.53 Å². The monoisotopic (exact) mass is 187 g/mol. The van der Waals surface area contributed by atoms with Crippen molar-refractivity contribution in [2.75, 3.05) is 26.8 Å². The lowest BCUT2D eigenvalue weighted by atomic mass is 10.3. The lowest BCUT2D eigenvalue weighted by molar-refractivity contribution is -0.131. The van der Waals surface area contributed by atoms with Gasteiger partial charge in [0.2, 0.25) is 0 Å². The SMILES string of the molecule is COCCCCNC/C=C/C(=O)O. The summed E-state index contributed by atoms with van der Waals surface area (Å²) >= 11 is 0. The zero-order chi connectivity index (χ0) is 9.94. The number of carboxylic acids is 1. The van der Waals surface area contributed by atoms with Gasteiger partial charge in [-0.05, 0) is 19.4 Å². The van der Waals surface area contributed by atoms with Gasteiger partial charge in [-0.2, -0.15) is 0 Å². The van der Waals surface area contributed by atoms with Crippen LogP contribution in [0.25, 0.3) is 0 Å². The molecule has 76 valence electrons. The molecule has 0 amide bonds. The Kier molecular flexibility index (Phi) is 8.60. The summed E-state index contributed by atoms with van der Waals surface area (Å²) in [4.78, 5) is 10.0. The molecule has 0 aliphatic heterocycles. The van der Waals surface area contributed by atoms with Gasteiger partial charge in [-0.1, -0.05) is 6.08 Å². The number of aliphatic carboxylic acids is 1. The molecule has 0 fully saturated rings. The van der Waals surface area contributed by atoms with Gasteiger partial charge in [0.1, 0.15) is 0 Å². The molecular formula is C9H17NO3. The summed E-state index contributed by atoms with van der Waals surface area (Å²) in [5.41, 5.74) is 0. The highest BCUT2D eigenvalue weighted by Crippen LogP contribution is 1.86. The zero-order valence-electron chi connectivity index (χ0n) is 7.95.